The number of rotatable bonds is 5. The second-order valence-corrected chi connectivity index (χ2v) is 10.2. The van der Waals surface area contributed by atoms with Crippen molar-refractivity contribution in [3.8, 4) is 11.4 Å². The van der Waals surface area contributed by atoms with E-state index in [1.165, 1.54) is 4.57 Å². The number of carbonyl (C=O) groups is 1. The van der Waals surface area contributed by atoms with Crippen LogP contribution in [0.5, 0.6) is 5.75 Å². The molecule has 3 heterocycles. The molecule has 1 aliphatic heterocycles. The van der Waals surface area contributed by atoms with Gasteiger partial charge in [-0.05, 0) is 41.8 Å². The van der Waals surface area contributed by atoms with Gasteiger partial charge in [0.05, 0.1) is 36.6 Å². The van der Waals surface area contributed by atoms with Crippen LogP contribution in [-0.2, 0) is 18.3 Å². The molecule has 0 bridgehead atoms. The number of hydrogen-bond acceptors (Lipinski definition) is 4. The van der Waals surface area contributed by atoms with Crippen LogP contribution < -0.4 is 15.2 Å². The molecule has 9 heteroatoms. The molecular formula is C28H26Cl2N4O3. The molecule has 2 aromatic carbocycles. The van der Waals surface area contributed by atoms with Crippen LogP contribution in [0.4, 0.5) is 5.69 Å². The van der Waals surface area contributed by atoms with E-state index in [1.54, 1.807) is 43.5 Å². The van der Waals surface area contributed by atoms with Gasteiger partial charge in [0.2, 0.25) is 5.91 Å². The predicted molar refractivity (Wildman–Crippen MR) is 145 cm³/mol. The maximum absolute atomic E-state index is 13.8. The van der Waals surface area contributed by atoms with Crippen molar-refractivity contribution in [1.82, 2.24) is 14.3 Å². The largest absolute Gasteiger partial charge is 0.494 e. The average Bonchev–Trinajstić information content (AvgIpc) is 3.25. The second kappa shape index (κ2) is 9.72. The number of halogens is 2. The first-order valence-corrected chi connectivity index (χ1v) is 12.7. The van der Waals surface area contributed by atoms with Crippen molar-refractivity contribution in [1.29, 1.82) is 0 Å². The van der Waals surface area contributed by atoms with E-state index in [0.29, 0.717) is 22.2 Å². The zero-order chi connectivity index (χ0) is 26.4. The van der Waals surface area contributed by atoms with Crippen LogP contribution in [-0.4, -0.2) is 27.4 Å². The zero-order valence-electron chi connectivity index (χ0n) is 20.9. The number of aryl methyl sites for hydroxylation is 1. The Balaban J connectivity index is 1.82. The number of para-hydroxylation sites is 2. The van der Waals surface area contributed by atoms with Gasteiger partial charge in [-0.15, -0.1) is 0 Å². The molecule has 0 aliphatic carbocycles. The second-order valence-electron chi connectivity index (χ2n) is 9.34. The smallest absolute Gasteiger partial charge is 0.269 e. The van der Waals surface area contributed by atoms with Gasteiger partial charge in [0, 0.05) is 23.8 Å². The van der Waals surface area contributed by atoms with Crippen molar-refractivity contribution < 1.29 is 9.53 Å². The number of fused-ring (bicyclic) bond motifs is 1. The summed E-state index contributed by atoms with van der Waals surface area (Å²) < 4.78 is 8.92. The van der Waals surface area contributed by atoms with Crippen LogP contribution in [0, 0.1) is 0 Å². The van der Waals surface area contributed by atoms with E-state index in [-0.39, 0.29) is 28.8 Å². The van der Waals surface area contributed by atoms with Crippen LogP contribution in [0.2, 0.25) is 10.0 Å². The molecule has 0 spiro atoms. The molecule has 1 aliphatic rings. The van der Waals surface area contributed by atoms with Crippen LogP contribution >= 0.6 is 23.2 Å². The summed E-state index contributed by atoms with van der Waals surface area (Å²) >= 11 is 12.5. The molecule has 0 fully saturated rings. The van der Waals surface area contributed by atoms with E-state index < -0.39 is 6.04 Å². The quantitative estimate of drug-likeness (QED) is 0.328. The van der Waals surface area contributed by atoms with Gasteiger partial charge in [-0.1, -0.05) is 61.3 Å². The monoisotopic (exact) mass is 536 g/mol. The summed E-state index contributed by atoms with van der Waals surface area (Å²) in [6.07, 6.45) is 1.74. The SMILES string of the molecule is COc1ccccc1-n1nc2c(c1C(C)C)C(c1ccc(Cl)cc1)N(c1cc(Cl)c(=O)n(C)c1)C(=O)C2. The summed E-state index contributed by atoms with van der Waals surface area (Å²) in [6, 6.07) is 16.2. The first kappa shape index (κ1) is 25.1. The minimum absolute atomic E-state index is 0.0438. The Bertz CT molecular complexity index is 1530. The highest BCUT2D eigenvalue weighted by molar-refractivity contribution is 6.31. The molecule has 190 valence electrons. The summed E-state index contributed by atoms with van der Waals surface area (Å²) in [6.45, 7) is 4.21. The van der Waals surface area contributed by atoms with Gasteiger partial charge in [-0.3, -0.25) is 14.5 Å². The summed E-state index contributed by atoms with van der Waals surface area (Å²) in [5, 5.41) is 5.59. The zero-order valence-corrected chi connectivity index (χ0v) is 22.4. The van der Waals surface area contributed by atoms with Crippen molar-refractivity contribution in [2.24, 2.45) is 7.05 Å². The Labute approximate surface area is 224 Å². The summed E-state index contributed by atoms with van der Waals surface area (Å²) in [4.78, 5) is 27.8. The van der Waals surface area contributed by atoms with Gasteiger partial charge >= 0.3 is 0 Å². The van der Waals surface area contributed by atoms with E-state index in [2.05, 4.69) is 13.8 Å². The molecular weight excluding hydrogens is 511 g/mol. The summed E-state index contributed by atoms with van der Waals surface area (Å²) in [5.74, 6) is 0.595. The average molecular weight is 537 g/mol. The molecule has 0 N–H and O–H groups in total. The number of aromatic nitrogens is 3. The van der Waals surface area contributed by atoms with E-state index in [9.17, 15) is 9.59 Å². The maximum atomic E-state index is 13.8. The first-order chi connectivity index (χ1) is 17.7. The van der Waals surface area contributed by atoms with E-state index in [1.807, 2.05) is 41.1 Å². The first-order valence-electron chi connectivity index (χ1n) is 11.9. The third kappa shape index (κ3) is 4.32. The number of amides is 1. The third-order valence-electron chi connectivity index (χ3n) is 6.60. The number of carbonyl (C=O) groups excluding carboxylic acids is 1. The molecule has 5 rings (SSSR count). The van der Waals surface area contributed by atoms with Crippen LogP contribution in [0.15, 0.2) is 65.6 Å². The number of benzene rings is 2. The topological polar surface area (TPSA) is 69.4 Å². The fourth-order valence-electron chi connectivity index (χ4n) is 5.00. The van der Waals surface area contributed by atoms with Crippen molar-refractivity contribution >= 4 is 34.8 Å². The van der Waals surface area contributed by atoms with Crippen molar-refractivity contribution in [3.63, 3.8) is 0 Å². The van der Waals surface area contributed by atoms with Gasteiger partial charge in [0.1, 0.15) is 16.5 Å². The molecule has 37 heavy (non-hydrogen) atoms. The molecule has 4 aromatic rings. The highest BCUT2D eigenvalue weighted by Crippen LogP contribution is 2.44. The lowest BCUT2D eigenvalue weighted by molar-refractivity contribution is -0.118. The molecule has 0 saturated heterocycles. The van der Waals surface area contributed by atoms with Gasteiger partial charge in [0.25, 0.3) is 5.56 Å². The predicted octanol–water partition coefficient (Wildman–Crippen LogP) is 5.69. The lowest BCUT2D eigenvalue weighted by Crippen LogP contribution is -2.42. The molecule has 0 radical (unpaired) electrons. The molecule has 7 nitrogen and oxygen atoms in total. The number of pyridine rings is 1. The number of ether oxygens (including phenoxy) is 1. The van der Waals surface area contributed by atoms with Crippen molar-refractivity contribution in [3.05, 3.63) is 104 Å². The Hall–Kier alpha value is -3.55. The fraction of sp³-hybridized carbons (Fsp3) is 0.250. The fourth-order valence-corrected chi connectivity index (χ4v) is 5.38. The van der Waals surface area contributed by atoms with E-state index in [4.69, 9.17) is 33.0 Å². The Morgan fingerprint density at radius 3 is 2.41 bits per heavy atom. The molecule has 1 atom stereocenters. The Kier molecular flexibility index (Phi) is 6.60. The molecule has 2 aromatic heterocycles. The minimum atomic E-state index is -0.511. The standard InChI is InChI=1S/C28H26Cl2N4O3/c1-16(2)26-25-21(31-34(26)22-7-5-6-8-23(22)37-4)14-24(35)33(19-13-20(30)28(36)32(3)15-19)27(25)17-9-11-18(29)12-10-17/h5-13,15-16,27H,14H2,1-4H3. The van der Waals surface area contributed by atoms with Crippen molar-refractivity contribution in [2.45, 2.75) is 32.2 Å². The van der Waals surface area contributed by atoms with Gasteiger partial charge in [-0.25, -0.2) is 4.68 Å². The summed E-state index contributed by atoms with van der Waals surface area (Å²) in [5.41, 5.74) is 4.47. The van der Waals surface area contributed by atoms with Crippen LogP contribution in [0.25, 0.3) is 5.69 Å². The lowest BCUT2D eigenvalue weighted by Gasteiger charge is -2.37. The Morgan fingerprint density at radius 1 is 1.05 bits per heavy atom. The van der Waals surface area contributed by atoms with E-state index >= 15 is 0 Å². The van der Waals surface area contributed by atoms with Crippen molar-refractivity contribution in [2.75, 3.05) is 12.0 Å². The van der Waals surface area contributed by atoms with Gasteiger partial charge < -0.3 is 9.30 Å². The van der Waals surface area contributed by atoms with E-state index in [0.717, 1.165) is 22.5 Å². The Morgan fingerprint density at radius 2 is 1.76 bits per heavy atom. The molecule has 1 unspecified atom stereocenters. The van der Waals surface area contributed by atoms with Gasteiger partial charge in [-0.2, -0.15) is 5.10 Å². The number of anilines is 1. The third-order valence-corrected chi connectivity index (χ3v) is 7.13. The normalized spacial score (nSPS) is 15.3. The number of methoxy groups -OCH3 is 1. The molecule has 1 amide bonds. The number of nitrogens with zero attached hydrogens (tertiary/aromatic N) is 4. The highest BCUT2D eigenvalue weighted by atomic mass is 35.5. The minimum Gasteiger partial charge on any atom is -0.494 e. The van der Waals surface area contributed by atoms with Crippen LogP contribution in [0.1, 0.15) is 48.3 Å². The van der Waals surface area contributed by atoms with Crippen LogP contribution in [0.3, 0.4) is 0 Å². The summed E-state index contributed by atoms with van der Waals surface area (Å²) in [7, 11) is 3.25. The maximum Gasteiger partial charge on any atom is 0.269 e. The highest BCUT2D eigenvalue weighted by Gasteiger charge is 2.40. The van der Waals surface area contributed by atoms with Gasteiger partial charge in [0.15, 0.2) is 0 Å². The molecule has 0 saturated carbocycles. The number of hydrogen-bond donors (Lipinski definition) is 0. The lowest BCUT2D eigenvalue weighted by atomic mass is 9.87.